The molecule has 2 rings (SSSR count). The summed E-state index contributed by atoms with van der Waals surface area (Å²) in [4.78, 5) is 25.8. The Morgan fingerprint density at radius 3 is 2.68 bits per heavy atom. The molecule has 0 saturated heterocycles. The molecule has 14 heteroatoms. The predicted octanol–water partition coefficient (Wildman–Crippen LogP) is 0.593. The minimum absolute atomic E-state index is 0.0694. The molecule has 0 aliphatic carbocycles. The van der Waals surface area contributed by atoms with E-state index < -0.39 is 38.3 Å². The van der Waals surface area contributed by atoms with Gasteiger partial charge in [0.05, 0.1) is 16.1 Å². The van der Waals surface area contributed by atoms with Crippen LogP contribution in [0.1, 0.15) is 16.9 Å². The number of carboxylic acids is 1. The van der Waals surface area contributed by atoms with Crippen LogP contribution in [-0.2, 0) is 14.8 Å². The molecule has 0 spiro atoms. The number of hydrogen-bond acceptors (Lipinski definition) is 7. The van der Waals surface area contributed by atoms with Crippen molar-refractivity contribution in [3.63, 3.8) is 0 Å². The van der Waals surface area contributed by atoms with Crippen LogP contribution >= 0.6 is 11.3 Å². The number of guanidine groups is 1. The van der Waals surface area contributed by atoms with Crippen LogP contribution in [0.4, 0.5) is 15.1 Å². The number of aromatic nitrogens is 1. The first-order chi connectivity index (χ1) is 13.1. The molecule has 1 heterocycles. The fourth-order valence-electron chi connectivity index (χ4n) is 1.94. The summed E-state index contributed by atoms with van der Waals surface area (Å²) in [6.07, 6.45) is -0.0933. The molecule has 0 radical (unpaired) electrons. The van der Waals surface area contributed by atoms with E-state index in [1.54, 1.807) is 0 Å². The molecule has 150 valence electrons. The van der Waals surface area contributed by atoms with E-state index in [-0.39, 0.29) is 29.6 Å². The number of carbonyl (C=O) groups is 2. The maximum atomic E-state index is 14.2. The molecule has 0 fully saturated rings. The van der Waals surface area contributed by atoms with Crippen molar-refractivity contribution in [2.45, 2.75) is 11.3 Å². The molecular weight excluding hydrogens is 415 g/mol. The molecule has 2 aromatic rings. The van der Waals surface area contributed by atoms with Crippen molar-refractivity contribution in [1.29, 1.82) is 5.41 Å². The number of carbonyl (C=O) groups excluding carboxylic acids is 1. The number of benzene rings is 1. The van der Waals surface area contributed by atoms with Crippen molar-refractivity contribution in [2.75, 3.05) is 16.6 Å². The molecule has 1 amide bonds. The number of nitrogens with zero attached hydrogens (tertiary/aromatic N) is 1. The average Bonchev–Trinajstić information content (AvgIpc) is 3.04. The second-order valence-electron chi connectivity index (χ2n) is 5.22. The number of hydrogen-bond donors (Lipinski definition) is 6. The second kappa shape index (κ2) is 8.62. The summed E-state index contributed by atoms with van der Waals surface area (Å²) >= 11 is 0.762. The molecule has 1 aromatic heterocycles. The highest BCUT2D eigenvalue weighted by Crippen LogP contribution is 2.25. The number of carboxylic acid groups (broad SMARTS) is 1. The third-order valence-corrected chi connectivity index (χ3v) is 5.41. The van der Waals surface area contributed by atoms with E-state index in [4.69, 9.17) is 16.2 Å². The molecule has 7 N–H and O–H groups in total. The third kappa shape index (κ3) is 5.37. The third-order valence-electron chi connectivity index (χ3n) is 3.19. The number of anilines is 2. The van der Waals surface area contributed by atoms with Crippen LogP contribution in [0.25, 0.3) is 0 Å². The van der Waals surface area contributed by atoms with Crippen LogP contribution in [0.15, 0.2) is 28.6 Å². The van der Waals surface area contributed by atoms with E-state index in [2.05, 4.69) is 15.6 Å². The van der Waals surface area contributed by atoms with E-state index in [0.717, 1.165) is 29.0 Å². The van der Waals surface area contributed by atoms with Gasteiger partial charge in [-0.25, -0.2) is 22.6 Å². The summed E-state index contributed by atoms with van der Waals surface area (Å²) in [7, 11) is -4.27. The Balaban J connectivity index is 2.12. The molecule has 0 atom stereocenters. The number of rotatable bonds is 8. The highest BCUT2D eigenvalue weighted by molar-refractivity contribution is 7.93. The molecule has 11 nitrogen and oxygen atoms in total. The zero-order valence-electron chi connectivity index (χ0n) is 14.0. The first-order valence-corrected chi connectivity index (χ1v) is 9.83. The quantitative estimate of drug-likeness (QED) is 0.259. The fraction of sp³-hybridized carbons (Fsp3) is 0.143. The van der Waals surface area contributed by atoms with Crippen LogP contribution in [0, 0.1) is 11.2 Å². The van der Waals surface area contributed by atoms with Crippen LogP contribution in [-0.4, -0.2) is 42.9 Å². The summed E-state index contributed by atoms with van der Waals surface area (Å²) < 4.78 is 40.9. The van der Waals surface area contributed by atoms with Gasteiger partial charge in [-0.1, -0.05) is 0 Å². The van der Waals surface area contributed by atoms with Crippen LogP contribution in [0.5, 0.6) is 0 Å². The zero-order valence-corrected chi connectivity index (χ0v) is 15.7. The first kappa shape index (κ1) is 21.0. The number of amides is 1. The molecular formula is C14H15FN6O5S2. The van der Waals surface area contributed by atoms with Gasteiger partial charge in [0.15, 0.2) is 11.7 Å². The Labute approximate surface area is 162 Å². The van der Waals surface area contributed by atoms with Crippen molar-refractivity contribution in [3.05, 3.63) is 35.2 Å². The summed E-state index contributed by atoms with van der Waals surface area (Å²) in [6.45, 7) is 0.0694. The summed E-state index contributed by atoms with van der Waals surface area (Å²) in [5, 5.41) is 20.4. The second-order valence-corrected chi connectivity index (χ2v) is 7.76. The Bertz CT molecular complexity index is 1020. The van der Waals surface area contributed by atoms with Gasteiger partial charge in [-0.05, 0) is 18.2 Å². The molecule has 0 saturated carbocycles. The summed E-state index contributed by atoms with van der Waals surface area (Å²) in [5.41, 5.74) is 5.51. The predicted molar refractivity (Wildman–Crippen MR) is 99.4 cm³/mol. The van der Waals surface area contributed by atoms with Gasteiger partial charge in [0, 0.05) is 13.0 Å². The fourth-order valence-corrected chi connectivity index (χ4v) is 3.94. The minimum Gasteiger partial charge on any atom is -0.476 e. The normalized spacial score (nSPS) is 10.9. The van der Waals surface area contributed by atoms with Crippen molar-refractivity contribution in [2.24, 2.45) is 5.73 Å². The standard InChI is InChI=1S/C14H15FN6O5S2/c15-8-5-7(1-2-9(8)20-10(22)3-4-18-14(16)17)28(25,26)21-12-11(13(23)24)19-6-27-12/h1-2,5-6,21H,3-4H2,(H,20,22)(H,23,24)(H4,16,17,18). The number of aromatic carboxylic acids is 1. The van der Waals surface area contributed by atoms with E-state index in [9.17, 15) is 22.4 Å². The monoisotopic (exact) mass is 430 g/mol. The molecule has 0 aliphatic rings. The number of sulfonamides is 1. The van der Waals surface area contributed by atoms with Crippen molar-refractivity contribution in [3.8, 4) is 0 Å². The van der Waals surface area contributed by atoms with E-state index >= 15 is 0 Å². The minimum atomic E-state index is -4.27. The van der Waals surface area contributed by atoms with Crippen LogP contribution in [0.2, 0.25) is 0 Å². The molecule has 0 bridgehead atoms. The van der Waals surface area contributed by atoms with Crippen LogP contribution < -0.4 is 21.1 Å². The largest absolute Gasteiger partial charge is 0.476 e. The summed E-state index contributed by atoms with van der Waals surface area (Å²) in [6, 6.07) is 2.80. The van der Waals surface area contributed by atoms with Crippen molar-refractivity contribution in [1.82, 2.24) is 10.3 Å². The number of nitrogens with one attached hydrogen (secondary N) is 4. The Morgan fingerprint density at radius 2 is 2.07 bits per heavy atom. The number of halogens is 1. The van der Waals surface area contributed by atoms with Gasteiger partial charge < -0.3 is 21.5 Å². The van der Waals surface area contributed by atoms with Crippen molar-refractivity contribution < 1.29 is 27.5 Å². The van der Waals surface area contributed by atoms with Gasteiger partial charge in [0.25, 0.3) is 10.0 Å². The Morgan fingerprint density at radius 1 is 1.36 bits per heavy atom. The highest BCUT2D eigenvalue weighted by Gasteiger charge is 2.22. The van der Waals surface area contributed by atoms with Gasteiger partial charge in [-0.3, -0.25) is 14.9 Å². The van der Waals surface area contributed by atoms with E-state index in [1.165, 1.54) is 0 Å². The SMILES string of the molecule is N=C(N)NCCC(=O)Nc1ccc(S(=O)(=O)Nc2scnc2C(=O)O)cc1F. The van der Waals surface area contributed by atoms with Crippen molar-refractivity contribution >= 4 is 49.9 Å². The Kier molecular flexibility index (Phi) is 6.48. The molecule has 0 aliphatic heterocycles. The molecule has 0 unspecified atom stereocenters. The smallest absolute Gasteiger partial charge is 0.357 e. The lowest BCUT2D eigenvalue weighted by Crippen LogP contribution is -2.32. The van der Waals surface area contributed by atoms with Gasteiger partial charge in [0.2, 0.25) is 5.91 Å². The zero-order chi connectivity index (χ0) is 20.9. The van der Waals surface area contributed by atoms with E-state index in [1.807, 2.05) is 4.72 Å². The molecule has 1 aromatic carbocycles. The lowest BCUT2D eigenvalue weighted by Gasteiger charge is -2.10. The van der Waals surface area contributed by atoms with Gasteiger partial charge in [0.1, 0.15) is 10.8 Å². The van der Waals surface area contributed by atoms with E-state index in [0.29, 0.717) is 6.07 Å². The average molecular weight is 430 g/mol. The maximum Gasteiger partial charge on any atom is 0.357 e. The van der Waals surface area contributed by atoms with Crippen LogP contribution in [0.3, 0.4) is 0 Å². The summed E-state index contributed by atoms with van der Waals surface area (Å²) in [5.74, 6) is -3.30. The Hall–Kier alpha value is -3.26. The topological polar surface area (TPSA) is 187 Å². The number of nitrogens with two attached hydrogens (primary N) is 1. The highest BCUT2D eigenvalue weighted by atomic mass is 32.2. The van der Waals surface area contributed by atoms with Gasteiger partial charge in [-0.15, -0.1) is 11.3 Å². The maximum absolute atomic E-state index is 14.2. The lowest BCUT2D eigenvalue weighted by molar-refractivity contribution is -0.116. The van der Waals surface area contributed by atoms with Gasteiger partial charge in [-0.2, -0.15) is 0 Å². The number of thiazole rings is 1. The van der Waals surface area contributed by atoms with Gasteiger partial charge >= 0.3 is 5.97 Å². The molecule has 28 heavy (non-hydrogen) atoms. The lowest BCUT2D eigenvalue weighted by atomic mass is 10.3. The first-order valence-electron chi connectivity index (χ1n) is 7.47.